The molecule has 2 heterocycles. The van der Waals surface area contributed by atoms with Gasteiger partial charge < -0.3 is 10.6 Å². The van der Waals surface area contributed by atoms with Crippen LogP contribution in [0.5, 0.6) is 0 Å². The van der Waals surface area contributed by atoms with Crippen LogP contribution in [0.1, 0.15) is 10.7 Å². The number of halogens is 4. The second-order valence-corrected chi connectivity index (χ2v) is 6.07. The molecule has 20 heavy (non-hydrogen) atoms. The van der Waals surface area contributed by atoms with Gasteiger partial charge in [-0.1, -0.05) is 0 Å². The average Bonchev–Trinajstić information content (AvgIpc) is 2.86. The first-order valence-corrected chi connectivity index (χ1v) is 7.64. The summed E-state index contributed by atoms with van der Waals surface area (Å²) in [5.41, 5.74) is 4.95. The lowest BCUT2D eigenvalue weighted by atomic mass is 10.5. The summed E-state index contributed by atoms with van der Waals surface area (Å²) < 4.78 is 37.1. The fourth-order valence-corrected chi connectivity index (χ4v) is 3.18. The Labute approximate surface area is 140 Å². The van der Waals surface area contributed by atoms with Crippen molar-refractivity contribution in [3.05, 3.63) is 16.1 Å². The summed E-state index contributed by atoms with van der Waals surface area (Å²) in [4.78, 5) is 9.55. The van der Waals surface area contributed by atoms with Crippen molar-refractivity contribution in [1.29, 1.82) is 0 Å². The number of hydrogen-bond acceptors (Lipinski definition) is 4. The van der Waals surface area contributed by atoms with Crippen LogP contribution in [0.4, 0.5) is 13.2 Å². The SMILES string of the molecule is I.NC(=NCc1nc(C(F)(F)F)cs1)N1CCSCC1. The van der Waals surface area contributed by atoms with Crippen LogP contribution in [0.15, 0.2) is 10.4 Å². The molecule has 1 aromatic rings. The Kier molecular flexibility index (Phi) is 6.85. The number of alkyl halides is 3. The Morgan fingerprint density at radius 2 is 2.05 bits per heavy atom. The first-order valence-electron chi connectivity index (χ1n) is 5.61. The van der Waals surface area contributed by atoms with Gasteiger partial charge in [-0.2, -0.15) is 24.9 Å². The smallest absolute Gasteiger partial charge is 0.370 e. The van der Waals surface area contributed by atoms with E-state index in [-0.39, 0.29) is 30.5 Å². The Hall–Kier alpha value is -0.230. The highest BCUT2D eigenvalue weighted by Gasteiger charge is 2.33. The zero-order chi connectivity index (χ0) is 13.9. The minimum atomic E-state index is -4.39. The third-order valence-corrected chi connectivity index (χ3v) is 4.33. The number of nitrogens with two attached hydrogens (primary N) is 1. The summed E-state index contributed by atoms with van der Waals surface area (Å²) in [6.07, 6.45) is -4.39. The van der Waals surface area contributed by atoms with Crippen molar-refractivity contribution >= 4 is 53.0 Å². The van der Waals surface area contributed by atoms with E-state index in [2.05, 4.69) is 9.98 Å². The molecule has 0 spiro atoms. The third kappa shape index (κ3) is 4.95. The van der Waals surface area contributed by atoms with Crippen molar-refractivity contribution in [2.45, 2.75) is 12.7 Å². The molecule has 2 N–H and O–H groups in total. The summed E-state index contributed by atoms with van der Waals surface area (Å²) in [6, 6.07) is 0. The molecule has 0 bridgehead atoms. The monoisotopic (exact) mass is 438 g/mol. The van der Waals surface area contributed by atoms with Gasteiger partial charge in [0.05, 0.1) is 6.54 Å². The maximum atomic E-state index is 12.4. The molecule has 1 aliphatic rings. The van der Waals surface area contributed by atoms with Gasteiger partial charge in [0.2, 0.25) is 0 Å². The predicted molar refractivity (Wildman–Crippen MR) is 86.8 cm³/mol. The minimum absolute atomic E-state index is 0. The number of aromatic nitrogens is 1. The molecule has 0 aliphatic carbocycles. The summed E-state index contributed by atoms with van der Waals surface area (Å²) in [5, 5.41) is 1.32. The Morgan fingerprint density at radius 3 is 2.60 bits per heavy atom. The number of thiazole rings is 1. The quantitative estimate of drug-likeness (QED) is 0.439. The number of hydrogen-bond donors (Lipinski definition) is 1. The maximum absolute atomic E-state index is 12.4. The molecule has 2 rings (SSSR count). The average molecular weight is 438 g/mol. The van der Waals surface area contributed by atoms with E-state index in [4.69, 9.17) is 5.73 Å². The van der Waals surface area contributed by atoms with Crippen LogP contribution in [0.3, 0.4) is 0 Å². The van der Waals surface area contributed by atoms with Crippen LogP contribution in [0.25, 0.3) is 0 Å². The van der Waals surface area contributed by atoms with Gasteiger partial charge in [-0.25, -0.2) is 9.98 Å². The van der Waals surface area contributed by atoms with Gasteiger partial charge in [-0.3, -0.25) is 0 Å². The second-order valence-electron chi connectivity index (χ2n) is 3.90. The van der Waals surface area contributed by atoms with Gasteiger partial charge in [0, 0.05) is 30.0 Å². The van der Waals surface area contributed by atoms with Crippen LogP contribution >= 0.6 is 47.1 Å². The van der Waals surface area contributed by atoms with E-state index in [0.717, 1.165) is 41.3 Å². The first kappa shape index (κ1) is 17.8. The van der Waals surface area contributed by atoms with Gasteiger partial charge in [0.1, 0.15) is 5.01 Å². The van der Waals surface area contributed by atoms with Crippen LogP contribution in [-0.4, -0.2) is 40.4 Å². The van der Waals surface area contributed by atoms with E-state index in [9.17, 15) is 13.2 Å². The lowest BCUT2D eigenvalue weighted by Crippen LogP contribution is -2.42. The predicted octanol–water partition coefficient (Wildman–Crippen LogP) is 2.64. The maximum Gasteiger partial charge on any atom is 0.434 e. The van der Waals surface area contributed by atoms with Crippen molar-refractivity contribution in [2.75, 3.05) is 24.6 Å². The molecule has 0 aromatic carbocycles. The van der Waals surface area contributed by atoms with E-state index in [0.29, 0.717) is 11.0 Å². The standard InChI is InChI=1S/C10H13F3N4S2.HI/c11-10(12,13)7-6-19-8(16-7)5-15-9(14)17-1-3-18-4-2-17;/h6H,1-5H2,(H2,14,15);1H. The van der Waals surface area contributed by atoms with Crippen molar-refractivity contribution in [2.24, 2.45) is 10.7 Å². The molecule has 10 heteroatoms. The van der Waals surface area contributed by atoms with Crippen molar-refractivity contribution in [1.82, 2.24) is 9.88 Å². The molecule has 0 atom stereocenters. The highest BCUT2D eigenvalue weighted by molar-refractivity contribution is 14.0. The highest BCUT2D eigenvalue weighted by atomic mass is 127. The van der Waals surface area contributed by atoms with Crippen molar-refractivity contribution in [3.8, 4) is 0 Å². The Balaban J connectivity index is 0.00000200. The lowest BCUT2D eigenvalue weighted by molar-refractivity contribution is -0.140. The topological polar surface area (TPSA) is 54.5 Å². The van der Waals surface area contributed by atoms with E-state index in [1.807, 2.05) is 16.7 Å². The minimum Gasteiger partial charge on any atom is -0.370 e. The molecule has 1 fully saturated rings. The molecule has 0 unspecified atom stereocenters. The molecule has 1 saturated heterocycles. The third-order valence-electron chi connectivity index (χ3n) is 2.55. The first-order chi connectivity index (χ1) is 8.97. The largest absolute Gasteiger partial charge is 0.434 e. The molecule has 1 aliphatic heterocycles. The number of thioether (sulfide) groups is 1. The fourth-order valence-electron chi connectivity index (χ4n) is 1.55. The van der Waals surface area contributed by atoms with Crippen LogP contribution in [0, 0.1) is 0 Å². The van der Waals surface area contributed by atoms with Gasteiger partial charge in [0.25, 0.3) is 0 Å². The number of guanidine groups is 1. The van der Waals surface area contributed by atoms with E-state index in [1.165, 1.54) is 0 Å². The van der Waals surface area contributed by atoms with Crippen molar-refractivity contribution < 1.29 is 13.2 Å². The molecular formula is C10H14F3IN4S2. The molecular weight excluding hydrogens is 424 g/mol. The summed E-state index contributed by atoms with van der Waals surface area (Å²) >= 11 is 2.80. The molecule has 114 valence electrons. The van der Waals surface area contributed by atoms with Gasteiger partial charge in [0.15, 0.2) is 11.7 Å². The van der Waals surface area contributed by atoms with Gasteiger partial charge in [-0.05, 0) is 0 Å². The summed E-state index contributed by atoms with van der Waals surface area (Å²) in [7, 11) is 0. The van der Waals surface area contributed by atoms with Crippen LogP contribution < -0.4 is 5.73 Å². The zero-order valence-electron chi connectivity index (χ0n) is 10.4. The van der Waals surface area contributed by atoms with Crippen LogP contribution in [0.2, 0.25) is 0 Å². The Morgan fingerprint density at radius 1 is 1.40 bits per heavy atom. The lowest BCUT2D eigenvalue weighted by Gasteiger charge is -2.27. The number of aliphatic imine (C=N–C) groups is 1. The molecule has 1 aromatic heterocycles. The normalized spacial score (nSPS) is 16.9. The van der Waals surface area contributed by atoms with Gasteiger partial charge in [-0.15, -0.1) is 35.3 Å². The Bertz CT molecular complexity index is 458. The second kappa shape index (κ2) is 7.69. The van der Waals surface area contributed by atoms with Crippen LogP contribution in [-0.2, 0) is 12.7 Å². The highest BCUT2D eigenvalue weighted by Crippen LogP contribution is 2.30. The fraction of sp³-hybridized carbons (Fsp3) is 0.600. The van der Waals surface area contributed by atoms with E-state index < -0.39 is 11.9 Å². The van der Waals surface area contributed by atoms with E-state index in [1.54, 1.807) is 0 Å². The summed E-state index contributed by atoms with van der Waals surface area (Å²) in [6.45, 7) is 1.74. The number of nitrogens with zero attached hydrogens (tertiary/aromatic N) is 3. The zero-order valence-corrected chi connectivity index (χ0v) is 14.4. The molecule has 0 radical (unpaired) electrons. The molecule has 4 nitrogen and oxygen atoms in total. The van der Waals surface area contributed by atoms with E-state index >= 15 is 0 Å². The van der Waals surface area contributed by atoms with Crippen molar-refractivity contribution in [3.63, 3.8) is 0 Å². The van der Waals surface area contributed by atoms with Gasteiger partial charge >= 0.3 is 6.18 Å². The summed E-state index contributed by atoms with van der Waals surface area (Å²) in [5.74, 6) is 2.36. The molecule has 0 saturated carbocycles. The number of rotatable bonds is 2. The molecule has 0 amide bonds.